The molecular weight excluding hydrogens is 853 g/mol. The van der Waals surface area contributed by atoms with Gasteiger partial charge in [-0.3, -0.25) is 14.4 Å². The van der Waals surface area contributed by atoms with Crippen molar-refractivity contribution >= 4 is 23.9 Å². The first kappa shape index (κ1) is 62.2. The van der Waals surface area contributed by atoms with E-state index in [1.165, 1.54) is 89.9 Å². The minimum Gasteiger partial charge on any atom is -0.479 e. The Balaban J connectivity index is 2.72. The molecule has 1 aliphatic rings. The fourth-order valence-corrected chi connectivity index (χ4v) is 8.23. The van der Waals surface area contributed by atoms with Crippen LogP contribution in [0.3, 0.4) is 0 Å². The number of carboxylic acids is 1. The maximum absolute atomic E-state index is 13.0. The van der Waals surface area contributed by atoms with Crippen molar-refractivity contribution < 1.29 is 58.2 Å². The number of allylic oxidation sites excluding steroid dienone is 4. The molecule has 6 atom stereocenters. The molecule has 0 amide bonds. The van der Waals surface area contributed by atoms with Crippen molar-refractivity contribution in [2.45, 2.75) is 289 Å². The molecule has 6 unspecified atom stereocenters. The van der Waals surface area contributed by atoms with E-state index in [2.05, 4.69) is 45.1 Å². The highest BCUT2D eigenvalue weighted by Crippen LogP contribution is 2.26. The first-order valence-corrected chi connectivity index (χ1v) is 27.3. The molecule has 0 aromatic rings. The number of rotatable bonds is 46. The summed E-state index contributed by atoms with van der Waals surface area (Å²) in [5.41, 5.74) is 0. The van der Waals surface area contributed by atoms with Crippen LogP contribution in [0.1, 0.15) is 252 Å². The van der Waals surface area contributed by atoms with Gasteiger partial charge in [0.2, 0.25) is 0 Å². The summed E-state index contributed by atoms with van der Waals surface area (Å²) in [7, 11) is 0. The monoisotopic (exact) mass is 951 g/mol. The first-order valence-electron chi connectivity index (χ1n) is 27.3. The Morgan fingerprint density at radius 1 is 0.478 bits per heavy atom. The fourth-order valence-electron chi connectivity index (χ4n) is 8.23. The molecule has 390 valence electrons. The number of esters is 3. The van der Waals surface area contributed by atoms with Crippen molar-refractivity contribution in [1.29, 1.82) is 0 Å². The van der Waals surface area contributed by atoms with Crippen LogP contribution in [0.2, 0.25) is 0 Å². The summed E-state index contributed by atoms with van der Waals surface area (Å²) in [4.78, 5) is 50.8. The highest BCUT2D eigenvalue weighted by Gasteiger charge is 2.50. The van der Waals surface area contributed by atoms with E-state index in [1.807, 2.05) is 0 Å². The van der Waals surface area contributed by atoms with Gasteiger partial charge >= 0.3 is 23.9 Å². The van der Waals surface area contributed by atoms with Gasteiger partial charge in [-0.25, -0.2) is 4.79 Å². The summed E-state index contributed by atoms with van der Waals surface area (Å²) in [5.74, 6) is -3.12. The van der Waals surface area contributed by atoms with Crippen LogP contribution in [0.25, 0.3) is 0 Å². The lowest BCUT2D eigenvalue weighted by molar-refractivity contribution is -0.301. The second kappa shape index (κ2) is 44.4. The van der Waals surface area contributed by atoms with E-state index >= 15 is 0 Å². The summed E-state index contributed by atoms with van der Waals surface area (Å²) in [6, 6.07) is 0. The minimum absolute atomic E-state index is 0.0645. The van der Waals surface area contributed by atoms with E-state index in [0.717, 1.165) is 103 Å². The number of unbranched alkanes of at least 4 members (excludes halogenated alkanes) is 28. The Morgan fingerprint density at radius 2 is 0.866 bits per heavy atom. The van der Waals surface area contributed by atoms with Crippen LogP contribution in [-0.2, 0) is 42.9 Å². The Morgan fingerprint density at radius 3 is 1.33 bits per heavy atom. The van der Waals surface area contributed by atoms with Crippen LogP contribution in [0.4, 0.5) is 0 Å². The predicted molar refractivity (Wildman–Crippen MR) is 266 cm³/mol. The second-order valence-corrected chi connectivity index (χ2v) is 18.9. The van der Waals surface area contributed by atoms with Gasteiger partial charge in [-0.15, -0.1) is 0 Å². The van der Waals surface area contributed by atoms with E-state index in [9.17, 15) is 34.5 Å². The summed E-state index contributed by atoms with van der Waals surface area (Å²) in [5, 5.41) is 31.3. The SMILES string of the molecule is CCCC/C=C\CCCCCCCC(=O)OC(COC(=O)CCCCCCC/C=C\CCCCCC)COC1OC(C(=O)O)C(O)C(O)C1OC(=O)CCCCCCCCCCCCCCC. The summed E-state index contributed by atoms with van der Waals surface area (Å²) in [6.07, 6.45) is 35.9. The quantitative estimate of drug-likeness (QED) is 0.0228. The van der Waals surface area contributed by atoms with Crippen LogP contribution < -0.4 is 0 Å². The smallest absolute Gasteiger partial charge is 0.335 e. The molecule has 1 aliphatic heterocycles. The lowest BCUT2D eigenvalue weighted by Gasteiger charge is -2.40. The molecule has 0 aromatic carbocycles. The lowest BCUT2D eigenvalue weighted by Crippen LogP contribution is -2.61. The topological polar surface area (TPSA) is 175 Å². The number of carboxylic acid groups (broad SMARTS) is 1. The van der Waals surface area contributed by atoms with Crippen LogP contribution in [0.5, 0.6) is 0 Å². The number of aliphatic carboxylic acids is 1. The summed E-state index contributed by atoms with van der Waals surface area (Å²) >= 11 is 0. The zero-order chi connectivity index (χ0) is 49.0. The largest absolute Gasteiger partial charge is 0.479 e. The first-order chi connectivity index (χ1) is 32.6. The number of aliphatic hydroxyl groups excluding tert-OH is 2. The standard InChI is InChI=1S/C55H98O12/c1-4-7-10-13-16-19-22-24-27-29-32-35-38-41-47(56)63-44-46(65-48(57)42-39-36-33-30-26-21-18-15-12-9-6-3)45-64-55-53(51(60)50(59)52(67-55)54(61)62)66-49(58)43-40-37-34-31-28-25-23-20-17-14-11-8-5-2/h15,18-19,22,46,50-53,55,59-60H,4-14,16-17,20-21,23-45H2,1-3H3,(H,61,62)/b18-15-,22-19-. The molecule has 12 nitrogen and oxygen atoms in total. The van der Waals surface area contributed by atoms with E-state index in [0.29, 0.717) is 19.3 Å². The van der Waals surface area contributed by atoms with Gasteiger partial charge in [0, 0.05) is 19.3 Å². The highest BCUT2D eigenvalue weighted by molar-refractivity contribution is 5.74. The van der Waals surface area contributed by atoms with Crippen LogP contribution in [0.15, 0.2) is 24.3 Å². The zero-order valence-corrected chi connectivity index (χ0v) is 42.7. The van der Waals surface area contributed by atoms with Crippen molar-refractivity contribution in [3.05, 3.63) is 24.3 Å². The Kier molecular flexibility index (Phi) is 41.2. The molecule has 0 radical (unpaired) electrons. The Bertz CT molecular complexity index is 1270. The Hall–Kier alpha value is -2.80. The number of ether oxygens (including phenoxy) is 5. The van der Waals surface area contributed by atoms with E-state index in [-0.39, 0.29) is 25.9 Å². The maximum Gasteiger partial charge on any atom is 0.335 e. The van der Waals surface area contributed by atoms with E-state index in [1.54, 1.807) is 0 Å². The van der Waals surface area contributed by atoms with Crippen molar-refractivity contribution in [3.8, 4) is 0 Å². The molecular formula is C55H98O12. The van der Waals surface area contributed by atoms with Crippen LogP contribution in [-0.4, -0.2) is 89.2 Å². The number of carbonyl (C=O) groups excluding carboxylic acids is 3. The molecule has 0 saturated carbocycles. The lowest BCUT2D eigenvalue weighted by atomic mass is 9.98. The fraction of sp³-hybridized carbons (Fsp3) is 0.855. The summed E-state index contributed by atoms with van der Waals surface area (Å²) < 4.78 is 28.3. The van der Waals surface area contributed by atoms with Gasteiger partial charge < -0.3 is 39.0 Å². The molecule has 1 heterocycles. The predicted octanol–water partition coefficient (Wildman–Crippen LogP) is 13.1. The molecule has 0 aliphatic carbocycles. The van der Waals surface area contributed by atoms with Crippen molar-refractivity contribution in [1.82, 2.24) is 0 Å². The zero-order valence-electron chi connectivity index (χ0n) is 42.7. The van der Waals surface area contributed by atoms with Gasteiger partial charge in [0.25, 0.3) is 0 Å². The highest BCUT2D eigenvalue weighted by atomic mass is 16.7. The second-order valence-electron chi connectivity index (χ2n) is 18.9. The molecule has 67 heavy (non-hydrogen) atoms. The number of carbonyl (C=O) groups is 4. The molecule has 1 rings (SSSR count). The van der Waals surface area contributed by atoms with Crippen LogP contribution in [0, 0.1) is 0 Å². The van der Waals surface area contributed by atoms with Crippen molar-refractivity contribution in [2.24, 2.45) is 0 Å². The normalized spacial score (nSPS) is 19.0. The van der Waals surface area contributed by atoms with Crippen molar-refractivity contribution in [3.63, 3.8) is 0 Å². The molecule has 1 fully saturated rings. The number of hydrogen-bond donors (Lipinski definition) is 3. The maximum atomic E-state index is 13.0. The van der Waals surface area contributed by atoms with Gasteiger partial charge in [0.1, 0.15) is 18.8 Å². The van der Waals surface area contributed by atoms with E-state index in [4.69, 9.17) is 23.7 Å². The van der Waals surface area contributed by atoms with Gasteiger partial charge in [-0.05, 0) is 64.2 Å². The minimum atomic E-state index is -1.90. The molecule has 3 N–H and O–H groups in total. The van der Waals surface area contributed by atoms with Crippen molar-refractivity contribution in [2.75, 3.05) is 13.2 Å². The third-order valence-corrected chi connectivity index (χ3v) is 12.5. The van der Waals surface area contributed by atoms with Gasteiger partial charge in [-0.1, -0.05) is 193 Å². The van der Waals surface area contributed by atoms with Gasteiger partial charge in [0.05, 0.1) is 6.61 Å². The summed E-state index contributed by atoms with van der Waals surface area (Å²) in [6.45, 7) is 5.91. The third-order valence-electron chi connectivity index (χ3n) is 12.5. The van der Waals surface area contributed by atoms with Gasteiger partial charge in [-0.2, -0.15) is 0 Å². The molecule has 1 saturated heterocycles. The van der Waals surface area contributed by atoms with E-state index < -0.39 is 67.3 Å². The van der Waals surface area contributed by atoms with Crippen LogP contribution >= 0.6 is 0 Å². The average molecular weight is 951 g/mol. The number of hydrogen-bond acceptors (Lipinski definition) is 11. The molecule has 0 bridgehead atoms. The molecule has 12 heteroatoms. The Labute approximate surface area is 407 Å². The molecule has 0 aromatic heterocycles. The van der Waals surface area contributed by atoms with Gasteiger partial charge in [0.15, 0.2) is 24.6 Å². The molecule has 0 spiro atoms. The number of aliphatic hydroxyl groups is 2. The third kappa shape index (κ3) is 35.0. The average Bonchev–Trinajstić information content (AvgIpc) is 3.31.